The van der Waals surface area contributed by atoms with Crippen molar-refractivity contribution in [3.05, 3.63) is 35.9 Å². The van der Waals surface area contributed by atoms with Gasteiger partial charge in [0.2, 0.25) is 0 Å². The Morgan fingerprint density at radius 3 is 2.39 bits per heavy atom. The molecule has 3 heteroatoms. The van der Waals surface area contributed by atoms with Crippen molar-refractivity contribution in [3.63, 3.8) is 0 Å². The van der Waals surface area contributed by atoms with Gasteiger partial charge in [0.05, 0.1) is 12.2 Å². The summed E-state index contributed by atoms with van der Waals surface area (Å²) in [5.74, 6) is 0.0627. The van der Waals surface area contributed by atoms with E-state index in [4.69, 9.17) is 4.74 Å². The van der Waals surface area contributed by atoms with Gasteiger partial charge in [0.1, 0.15) is 0 Å². The molecular weight excluding hydrogens is 244 g/mol. The van der Waals surface area contributed by atoms with Crippen LogP contribution in [-0.2, 0) is 9.53 Å². The zero-order chi connectivity index (χ0) is 13.5. The monoisotopic (exact) mass is 264 g/mol. The molecule has 0 aliphatic heterocycles. The van der Waals surface area contributed by atoms with Gasteiger partial charge in [-0.15, -0.1) is 11.8 Å². The summed E-state index contributed by atoms with van der Waals surface area (Å²) >= 11 is 1.69. The first-order chi connectivity index (χ1) is 8.58. The third kappa shape index (κ3) is 4.22. The number of rotatable bonds is 5. The lowest BCUT2D eigenvalue weighted by atomic mass is 10.0. The highest BCUT2D eigenvalue weighted by Crippen LogP contribution is 2.22. The van der Waals surface area contributed by atoms with E-state index in [9.17, 15) is 4.79 Å². The zero-order valence-electron chi connectivity index (χ0n) is 11.4. The molecule has 0 spiro atoms. The van der Waals surface area contributed by atoms with E-state index in [-0.39, 0.29) is 5.97 Å². The predicted molar refractivity (Wildman–Crippen MR) is 77.7 cm³/mol. The van der Waals surface area contributed by atoms with Gasteiger partial charge in [0.25, 0.3) is 0 Å². The van der Waals surface area contributed by atoms with E-state index < -0.39 is 0 Å². The lowest BCUT2D eigenvalue weighted by molar-refractivity contribution is -0.136. The number of hydrogen-bond donors (Lipinski definition) is 0. The molecule has 0 atom stereocenters. The molecule has 0 N–H and O–H groups in total. The summed E-state index contributed by atoms with van der Waals surface area (Å²) in [6, 6.07) is 7.98. The molecule has 98 valence electrons. The van der Waals surface area contributed by atoms with E-state index in [2.05, 4.69) is 13.8 Å². The second-order valence-electron chi connectivity index (χ2n) is 4.27. The van der Waals surface area contributed by atoms with Crippen LogP contribution in [0.15, 0.2) is 35.2 Å². The van der Waals surface area contributed by atoms with E-state index in [0.717, 1.165) is 5.56 Å². The summed E-state index contributed by atoms with van der Waals surface area (Å²) in [5.41, 5.74) is 1.57. The molecule has 0 bridgehead atoms. The Hall–Kier alpha value is -1.22. The van der Waals surface area contributed by atoms with Crippen molar-refractivity contribution in [1.29, 1.82) is 0 Å². The Morgan fingerprint density at radius 2 is 1.94 bits per heavy atom. The molecule has 0 aliphatic rings. The van der Waals surface area contributed by atoms with Gasteiger partial charge < -0.3 is 4.74 Å². The Morgan fingerprint density at radius 1 is 1.33 bits per heavy atom. The van der Waals surface area contributed by atoms with Crippen LogP contribution >= 0.6 is 11.8 Å². The predicted octanol–water partition coefficient (Wildman–Crippen LogP) is 4.01. The van der Waals surface area contributed by atoms with Gasteiger partial charge in [-0.2, -0.15) is 0 Å². The fourth-order valence-corrected chi connectivity index (χ4v) is 2.00. The molecule has 0 saturated heterocycles. The van der Waals surface area contributed by atoms with E-state index >= 15 is 0 Å². The Kier molecular flexibility index (Phi) is 5.99. The van der Waals surface area contributed by atoms with Gasteiger partial charge in [-0.1, -0.05) is 32.1 Å². The molecular formula is C15H20O2S. The molecule has 0 saturated carbocycles. The summed E-state index contributed by atoms with van der Waals surface area (Å²) in [5, 5.41) is 0. The van der Waals surface area contributed by atoms with Gasteiger partial charge in [0, 0.05) is 4.90 Å². The minimum absolute atomic E-state index is 0.247. The third-order valence-corrected chi connectivity index (χ3v) is 3.14. The SMILES string of the molecule is CCOC(=O)/C(=C/C(C)C)c1ccc(SC)cc1. The van der Waals surface area contributed by atoms with Gasteiger partial charge in [-0.25, -0.2) is 4.79 Å². The summed E-state index contributed by atoms with van der Waals surface area (Å²) < 4.78 is 5.10. The zero-order valence-corrected chi connectivity index (χ0v) is 12.2. The molecule has 0 heterocycles. The van der Waals surface area contributed by atoms with Crippen LogP contribution in [-0.4, -0.2) is 18.8 Å². The number of carbonyl (C=O) groups excluding carboxylic acids is 1. The summed E-state index contributed by atoms with van der Waals surface area (Å²) in [7, 11) is 0. The normalized spacial score (nSPS) is 11.7. The van der Waals surface area contributed by atoms with Crippen molar-refractivity contribution in [2.24, 2.45) is 5.92 Å². The molecule has 1 aromatic carbocycles. The number of carbonyl (C=O) groups is 1. The van der Waals surface area contributed by atoms with Crippen LogP contribution in [0.3, 0.4) is 0 Å². The van der Waals surface area contributed by atoms with Crippen LogP contribution in [0.1, 0.15) is 26.3 Å². The van der Waals surface area contributed by atoms with Gasteiger partial charge in [-0.05, 0) is 36.8 Å². The number of allylic oxidation sites excluding steroid dienone is 1. The van der Waals surface area contributed by atoms with Gasteiger partial charge >= 0.3 is 5.97 Å². The molecule has 0 unspecified atom stereocenters. The van der Waals surface area contributed by atoms with Gasteiger partial charge in [0.15, 0.2) is 0 Å². The highest BCUT2D eigenvalue weighted by molar-refractivity contribution is 7.98. The topological polar surface area (TPSA) is 26.3 Å². The van der Waals surface area contributed by atoms with Crippen molar-refractivity contribution in [2.75, 3.05) is 12.9 Å². The largest absolute Gasteiger partial charge is 0.462 e. The summed E-state index contributed by atoms with van der Waals surface area (Å²) in [4.78, 5) is 13.1. The average Bonchev–Trinajstić information content (AvgIpc) is 2.36. The summed E-state index contributed by atoms with van der Waals surface area (Å²) in [6.45, 7) is 6.32. The van der Waals surface area contributed by atoms with E-state index in [1.807, 2.05) is 43.5 Å². The molecule has 18 heavy (non-hydrogen) atoms. The second kappa shape index (κ2) is 7.27. The lowest BCUT2D eigenvalue weighted by Gasteiger charge is -2.09. The second-order valence-corrected chi connectivity index (χ2v) is 5.15. The molecule has 2 nitrogen and oxygen atoms in total. The average molecular weight is 264 g/mol. The first-order valence-corrected chi connectivity index (χ1v) is 7.34. The van der Waals surface area contributed by atoms with Crippen LogP contribution in [0.2, 0.25) is 0 Å². The van der Waals surface area contributed by atoms with Crippen LogP contribution in [0, 0.1) is 5.92 Å². The van der Waals surface area contributed by atoms with Crippen molar-refractivity contribution < 1.29 is 9.53 Å². The first kappa shape index (κ1) is 14.8. The number of thioether (sulfide) groups is 1. The fraction of sp³-hybridized carbons (Fsp3) is 0.400. The highest BCUT2D eigenvalue weighted by Gasteiger charge is 2.13. The van der Waals surface area contributed by atoms with Crippen LogP contribution in [0.5, 0.6) is 0 Å². The summed E-state index contributed by atoms with van der Waals surface area (Å²) in [6.07, 6.45) is 3.98. The molecule has 0 amide bonds. The van der Waals surface area contributed by atoms with Crippen molar-refractivity contribution in [1.82, 2.24) is 0 Å². The van der Waals surface area contributed by atoms with Crippen molar-refractivity contribution in [3.8, 4) is 0 Å². The Balaban J connectivity index is 3.05. The molecule has 0 radical (unpaired) electrons. The molecule has 1 aromatic rings. The quantitative estimate of drug-likeness (QED) is 0.456. The van der Waals surface area contributed by atoms with Crippen molar-refractivity contribution in [2.45, 2.75) is 25.7 Å². The number of hydrogen-bond acceptors (Lipinski definition) is 3. The maximum absolute atomic E-state index is 11.9. The minimum atomic E-state index is -0.247. The molecule has 1 rings (SSSR count). The number of benzene rings is 1. The van der Waals surface area contributed by atoms with Gasteiger partial charge in [-0.3, -0.25) is 0 Å². The molecule has 0 aromatic heterocycles. The molecule has 0 fully saturated rings. The fourth-order valence-electron chi connectivity index (χ4n) is 1.59. The Bertz CT molecular complexity index is 419. The first-order valence-electron chi connectivity index (χ1n) is 6.11. The number of ether oxygens (including phenoxy) is 1. The van der Waals surface area contributed by atoms with Crippen LogP contribution in [0.4, 0.5) is 0 Å². The Labute approximate surface area is 113 Å². The van der Waals surface area contributed by atoms with E-state index in [1.165, 1.54) is 4.90 Å². The maximum atomic E-state index is 11.9. The van der Waals surface area contributed by atoms with E-state index in [0.29, 0.717) is 18.1 Å². The number of esters is 1. The maximum Gasteiger partial charge on any atom is 0.338 e. The third-order valence-electron chi connectivity index (χ3n) is 2.40. The minimum Gasteiger partial charge on any atom is -0.462 e. The smallest absolute Gasteiger partial charge is 0.338 e. The van der Waals surface area contributed by atoms with Crippen molar-refractivity contribution >= 4 is 23.3 Å². The van der Waals surface area contributed by atoms with Crippen LogP contribution in [0.25, 0.3) is 5.57 Å². The highest BCUT2D eigenvalue weighted by atomic mass is 32.2. The van der Waals surface area contributed by atoms with Crippen LogP contribution < -0.4 is 0 Å². The standard InChI is InChI=1S/C15H20O2S/c1-5-17-15(16)14(10-11(2)3)12-6-8-13(18-4)9-7-12/h6-11H,5H2,1-4H3/b14-10+. The lowest BCUT2D eigenvalue weighted by Crippen LogP contribution is -2.07. The van der Waals surface area contributed by atoms with E-state index in [1.54, 1.807) is 11.8 Å². The molecule has 0 aliphatic carbocycles.